The first kappa shape index (κ1) is 20.1. The first-order valence-electron chi connectivity index (χ1n) is 9.49. The van der Waals surface area contributed by atoms with Crippen LogP contribution in [0.2, 0.25) is 0 Å². The number of rotatable bonds is 9. The molecular formula is C22H24N2O3S. The lowest BCUT2D eigenvalue weighted by molar-refractivity contribution is 0.102. The van der Waals surface area contributed by atoms with E-state index in [2.05, 4.69) is 30.1 Å². The molecule has 3 rings (SSSR count). The van der Waals surface area contributed by atoms with Crippen LogP contribution in [-0.2, 0) is 12.8 Å². The van der Waals surface area contributed by atoms with E-state index < -0.39 is 0 Å². The molecule has 5 nitrogen and oxygen atoms in total. The lowest BCUT2D eigenvalue weighted by Gasteiger charge is -2.08. The highest BCUT2D eigenvalue weighted by molar-refractivity contribution is 7.99. The number of aromatic nitrogens is 2. The molecule has 0 amide bonds. The van der Waals surface area contributed by atoms with Gasteiger partial charge in [0, 0.05) is 5.56 Å². The molecule has 2 aromatic carbocycles. The van der Waals surface area contributed by atoms with Crippen molar-refractivity contribution >= 4 is 17.5 Å². The van der Waals surface area contributed by atoms with Crippen LogP contribution >= 0.6 is 11.8 Å². The van der Waals surface area contributed by atoms with Crippen LogP contribution in [0.15, 0.2) is 52.1 Å². The van der Waals surface area contributed by atoms with E-state index in [1.165, 1.54) is 11.8 Å². The molecule has 0 atom stereocenters. The summed E-state index contributed by atoms with van der Waals surface area (Å²) in [7, 11) is 0. The molecule has 0 fully saturated rings. The van der Waals surface area contributed by atoms with E-state index in [-0.39, 0.29) is 11.5 Å². The Morgan fingerprint density at radius 3 is 2.64 bits per heavy atom. The second-order valence-corrected chi connectivity index (χ2v) is 7.14. The van der Waals surface area contributed by atoms with Gasteiger partial charge in [0.05, 0.1) is 17.9 Å². The molecule has 0 unspecified atom stereocenters. The molecule has 146 valence electrons. The van der Waals surface area contributed by atoms with Gasteiger partial charge in [0.1, 0.15) is 5.75 Å². The fraction of sp³-hybridized carbons (Fsp3) is 0.318. The Morgan fingerprint density at radius 1 is 1.07 bits per heavy atom. The third kappa shape index (κ3) is 4.62. The Hall–Kier alpha value is -2.60. The standard InChI is InChI=1S/C22H24N2O3S/c1-4-15-11-12-16(5-2)18(13-15)19(25)14-28-22-24-23-21(27-22)17-9-7-8-10-20(17)26-6-3/h7-13H,4-6,14H2,1-3H3. The van der Waals surface area contributed by atoms with Crippen molar-refractivity contribution in [2.75, 3.05) is 12.4 Å². The van der Waals surface area contributed by atoms with Gasteiger partial charge >= 0.3 is 0 Å². The van der Waals surface area contributed by atoms with E-state index in [1.54, 1.807) is 0 Å². The predicted molar refractivity (Wildman–Crippen MR) is 111 cm³/mol. The third-order valence-electron chi connectivity index (χ3n) is 4.41. The molecule has 0 aliphatic rings. The summed E-state index contributed by atoms with van der Waals surface area (Å²) in [4.78, 5) is 12.8. The number of nitrogens with zero attached hydrogens (tertiary/aromatic N) is 2. The van der Waals surface area contributed by atoms with Gasteiger partial charge in [-0.3, -0.25) is 4.79 Å². The van der Waals surface area contributed by atoms with Crippen LogP contribution in [-0.4, -0.2) is 28.3 Å². The lowest BCUT2D eigenvalue weighted by atomic mass is 9.98. The highest BCUT2D eigenvalue weighted by atomic mass is 32.2. The number of ether oxygens (including phenoxy) is 1. The van der Waals surface area contributed by atoms with Gasteiger partial charge in [-0.05, 0) is 49.1 Å². The zero-order valence-electron chi connectivity index (χ0n) is 16.4. The van der Waals surface area contributed by atoms with Crippen molar-refractivity contribution in [2.45, 2.75) is 38.8 Å². The fourth-order valence-corrected chi connectivity index (χ4v) is 3.56. The topological polar surface area (TPSA) is 65.2 Å². The van der Waals surface area contributed by atoms with Crippen LogP contribution in [0, 0.1) is 0 Å². The van der Waals surface area contributed by atoms with Gasteiger partial charge in [-0.2, -0.15) is 0 Å². The Balaban J connectivity index is 1.72. The van der Waals surface area contributed by atoms with Gasteiger partial charge in [-0.15, -0.1) is 10.2 Å². The minimum Gasteiger partial charge on any atom is -0.493 e. The molecule has 0 spiro atoms. The number of ketones is 1. The maximum absolute atomic E-state index is 12.8. The van der Waals surface area contributed by atoms with Crippen LogP contribution in [0.5, 0.6) is 5.75 Å². The zero-order chi connectivity index (χ0) is 19.9. The summed E-state index contributed by atoms with van der Waals surface area (Å²) >= 11 is 1.26. The molecule has 28 heavy (non-hydrogen) atoms. The maximum Gasteiger partial charge on any atom is 0.277 e. The summed E-state index contributed by atoms with van der Waals surface area (Å²) < 4.78 is 11.4. The van der Waals surface area contributed by atoms with Crippen molar-refractivity contribution in [1.82, 2.24) is 10.2 Å². The number of carbonyl (C=O) groups is 1. The SMILES string of the molecule is CCOc1ccccc1-c1nnc(SCC(=O)c2cc(CC)ccc2CC)o1. The van der Waals surface area contributed by atoms with Gasteiger partial charge in [0.25, 0.3) is 11.1 Å². The van der Waals surface area contributed by atoms with E-state index in [0.717, 1.165) is 35.1 Å². The number of hydrogen-bond acceptors (Lipinski definition) is 6. The summed E-state index contributed by atoms with van der Waals surface area (Å²) in [5, 5.41) is 8.56. The molecule has 0 saturated carbocycles. The molecule has 3 aromatic rings. The Kier molecular flexibility index (Phi) is 6.87. The Morgan fingerprint density at radius 2 is 1.89 bits per heavy atom. The molecule has 6 heteroatoms. The average Bonchev–Trinajstić information content (AvgIpc) is 3.21. The molecule has 0 saturated heterocycles. The predicted octanol–water partition coefficient (Wildman–Crippen LogP) is 5.24. The van der Waals surface area contributed by atoms with Crippen molar-refractivity contribution in [3.05, 3.63) is 59.2 Å². The molecule has 1 aromatic heterocycles. The van der Waals surface area contributed by atoms with Crippen molar-refractivity contribution in [3.8, 4) is 17.2 Å². The zero-order valence-corrected chi connectivity index (χ0v) is 17.2. The lowest BCUT2D eigenvalue weighted by Crippen LogP contribution is -2.07. The fourth-order valence-electron chi connectivity index (χ4n) is 2.92. The van der Waals surface area contributed by atoms with Gasteiger partial charge in [-0.25, -0.2) is 0 Å². The summed E-state index contributed by atoms with van der Waals surface area (Å²) in [6.45, 7) is 6.63. The second kappa shape index (κ2) is 9.55. The largest absolute Gasteiger partial charge is 0.493 e. The molecule has 0 bridgehead atoms. The number of carbonyl (C=O) groups excluding carboxylic acids is 1. The smallest absolute Gasteiger partial charge is 0.277 e. The average molecular weight is 397 g/mol. The third-order valence-corrected chi connectivity index (χ3v) is 5.23. The van der Waals surface area contributed by atoms with Gasteiger partial charge in [0.15, 0.2) is 5.78 Å². The molecule has 0 aliphatic heterocycles. The number of para-hydroxylation sites is 1. The van der Waals surface area contributed by atoms with Crippen molar-refractivity contribution < 1.29 is 13.9 Å². The van der Waals surface area contributed by atoms with E-state index in [1.807, 2.05) is 43.3 Å². The summed E-state index contributed by atoms with van der Waals surface area (Å²) in [5.74, 6) is 1.42. The van der Waals surface area contributed by atoms with E-state index in [9.17, 15) is 4.79 Å². The number of hydrogen-bond donors (Lipinski definition) is 0. The minimum atomic E-state index is 0.0756. The highest BCUT2D eigenvalue weighted by Crippen LogP contribution is 2.31. The minimum absolute atomic E-state index is 0.0756. The molecule has 0 aliphatic carbocycles. The number of thioether (sulfide) groups is 1. The maximum atomic E-state index is 12.8. The molecule has 0 radical (unpaired) electrons. The van der Waals surface area contributed by atoms with Crippen LogP contribution in [0.25, 0.3) is 11.5 Å². The van der Waals surface area contributed by atoms with Gasteiger partial charge < -0.3 is 9.15 Å². The van der Waals surface area contributed by atoms with E-state index in [0.29, 0.717) is 23.5 Å². The summed E-state index contributed by atoms with van der Waals surface area (Å²) in [6.07, 6.45) is 1.73. The first-order valence-corrected chi connectivity index (χ1v) is 10.5. The van der Waals surface area contributed by atoms with E-state index in [4.69, 9.17) is 9.15 Å². The second-order valence-electron chi connectivity index (χ2n) is 6.21. The van der Waals surface area contributed by atoms with E-state index >= 15 is 0 Å². The monoisotopic (exact) mass is 396 g/mol. The van der Waals surface area contributed by atoms with Crippen LogP contribution in [0.1, 0.15) is 42.3 Å². The summed E-state index contributed by atoms with van der Waals surface area (Å²) in [5.41, 5.74) is 3.77. The summed E-state index contributed by atoms with van der Waals surface area (Å²) in [6, 6.07) is 13.7. The number of Topliss-reactive ketones (excluding diaryl/α,β-unsaturated/α-hetero) is 1. The molecule has 1 heterocycles. The van der Waals surface area contributed by atoms with Crippen LogP contribution < -0.4 is 4.74 Å². The van der Waals surface area contributed by atoms with Crippen molar-refractivity contribution in [3.63, 3.8) is 0 Å². The van der Waals surface area contributed by atoms with Crippen molar-refractivity contribution in [2.24, 2.45) is 0 Å². The van der Waals surface area contributed by atoms with Gasteiger partial charge in [-0.1, -0.05) is 49.9 Å². The quantitative estimate of drug-likeness (QED) is 0.364. The molecule has 0 N–H and O–H groups in total. The Bertz CT molecular complexity index is 952. The van der Waals surface area contributed by atoms with Crippen molar-refractivity contribution in [1.29, 1.82) is 0 Å². The van der Waals surface area contributed by atoms with Crippen LogP contribution in [0.4, 0.5) is 0 Å². The number of benzene rings is 2. The van der Waals surface area contributed by atoms with Crippen LogP contribution in [0.3, 0.4) is 0 Å². The first-order chi connectivity index (χ1) is 13.7. The highest BCUT2D eigenvalue weighted by Gasteiger charge is 2.16. The van der Waals surface area contributed by atoms with Gasteiger partial charge in [0.2, 0.25) is 0 Å². The molecular weight excluding hydrogens is 372 g/mol. The number of aryl methyl sites for hydroxylation is 2. The normalized spacial score (nSPS) is 10.8. The Labute approximate surface area is 169 Å².